The van der Waals surface area contributed by atoms with Crippen LogP contribution in [0, 0.1) is 0 Å². The van der Waals surface area contributed by atoms with E-state index in [2.05, 4.69) is 0 Å². The summed E-state index contributed by atoms with van der Waals surface area (Å²) in [6, 6.07) is 5.83. The maximum atomic E-state index is 13.1. The van der Waals surface area contributed by atoms with Crippen LogP contribution in [-0.4, -0.2) is 19.2 Å². The molecule has 0 atom stereocenters. The molecule has 0 aliphatic heterocycles. The summed E-state index contributed by atoms with van der Waals surface area (Å²) in [6.45, 7) is 2.68. The molecule has 20 heavy (non-hydrogen) atoms. The Hall–Kier alpha value is -1.98. The predicted octanol–water partition coefficient (Wildman–Crippen LogP) is 3.90. The largest absolute Gasteiger partial charge is 0.497 e. The summed E-state index contributed by atoms with van der Waals surface area (Å²) in [7, 11) is 1.45. The molecule has 0 fully saturated rings. The van der Waals surface area contributed by atoms with Crippen LogP contribution < -0.4 is 9.64 Å². The molecule has 0 unspecified atom stereocenters. The normalized spacial score (nSPS) is 12.2. The van der Waals surface area contributed by atoms with E-state index in [-0.39, 0.29) is 12.1 Å². The molecule has 3 nitrogen and oxygen atoms in total. The van der Waals surface area contributed by atoms with Crippen molar-refractivity contribution in [3.63, 3.8) is 0 Å². The van der Waals surface area contributed by atoms with Crippen molar-refractivity contribution in [3.05, 3.63) is 36.0 Å². The molecule has 0 aliphatic carbocycles. The van der Waals surface area contributed by atoms with Gasteiger partial charge >= 0.3 is 6.18 Å². The molecule has 0 aromatic heterocycles. The first-order valence-electron chi connectivity index (χ1n) is 6.03. The molecular weight excluding hydrogens is 271 g/mol. The SMILES string of the molecule is CC/C=C(/N(C(C)=O)c1ccc(OC)cc1)C(F)(F)F. The van der Waals surface area contributed by atoms with E-state index in [1.807, 2.05) is 0 Å². The van der Waals surface area contributed by atoms with Gasteiger partial charge in [0.15, 0.2) is 0 Å². The molecule has 0 N–H and O–H groups in total. The standard InChI is InChI=1S/C14H16F3NO2/c1-4-5-13(14(15,16)17)18(10(2)19)11-6-8-12(20-3)9-7-11/h5-9H,4H2,1-3H3/b13-5+. The lowest BCUT2D eigenvalue weighted by atomic mass is 10.2. The van der Waals surface area contributed by atoms with Crippen LogP contribution >= 0.6 is 0 Å². The molecule has 0 aliphatic rings. The lowest BCUT2D eigenvalue weighted by Crippen LogP contribution is -2.35. The maximum Gasteiger partial charge on any atom is 0.431 e. The molecule has 0 saturated carbocycles. The second-order valence-corrected chi connectivity index (χ2v) is 4.05. The lowest BCUT2D eigenvalue weighted by molar-refractivity contribution is -0.120. The third kappa shape index (κ3) is 3.76. The minimum atomic E-state index is -4.60. The van der Waals surface area contributed by atoms with Gasteiger partial charge in [-0.25, -0.2) is 0 Å². The Morgan fingerprint density at radius 1 is 1.30 bits per heavy atom. The average molecular weight is 287 g/mol. The molecule has 0 bridgehead atoms. The van der Waals surface area contributed by atoms with E-state index in [0.717, 1.165) is 13.0 Å². The van der Waals surface area contributed by atoms with Crippen LogP contribution in [0.2, 0.25) is 0 Å². The first kappa shape index (κ1) is 16.1. The van der Waals surface area contributed by atoms with Gasteiger partial charge in [-0.15, -0.1) is 0 Å². The number of methoxy groups -OCH3 is 1. The van der Waals surface area contributed by atoms with E-state index in [1.165, 1.54) is 31.4 Å². The number of amides is 1. The number of hydrogen-bond donors (Lipinski definition) is 0. The summed E-state index contributed by atoms with van der Waals surface area (Å²) in [5.41, 5.74) is -0.826. The van der Waals surface area contributed by atoms with Crippen molar-refractivity contribution in [1.29, 1.82) is 0 Å². The van der Waals surface area contributed by atoms with Gasteiger partial charge in [0.2, 0.25) is 5.91 Å². The highest BCUT2D eigenvalue weighted by Crippen LogP contribution is 2.33. The molecule has 0 heterocycles. The third-order valence-corrected chi connectivity index (χ3v) is 2.57. The third-order valence-electron chi connectivity index (χ3n) is 2.57. The number of nitrogens with zero attached hydrogens (tertiary/aromatic N) is 1. The van der Waals surface area contributed by atoms with Gasteiger partial charge in [-0.3, -0.25) is 9.69 Å². The van der Waals surface area contributed by atoms with E-state index in [9.17, 15) is 18.0 Å². The van der Waals surface area contributed by atoms with Crippen LogP contribution in [0.25, 0.3) is 0 Å². The minimum Gasteiger partial charge on any atom is -0.497 e. The van der Waals surface area contributed by atoms with Crippen molar-refractivity contribution in [2.45, 2.75) is 26.4 Å². The first-order valence-corrected chi connectivity index (χ1v) is 6.03. The van der Waals surface area contributed by atoms with Gasteiger partial charge in [-0.05, 0) is 30.7 Å². The average Bonchev–Trinajstić information content (AvgIpc) is 2.37. The van der Waals surface area contributed by atoms with Crippen molar-refractivity contribution < 1.29 is 22.7 Å². The van der Waals surface area contributed by atoms with Crippen LogP contribution in [0.1, 0.15) is 20.3 Å². The van der Waals surface area contributed by atoms with E-state index < -0.39 is 17.8 Å². The highest BCUT2D eigenvalue weighted by atomic mass is 19.4. The van der Waals surface area contributed by atoms with E-state index in [1.54, 1.807) is 6.92 Å². The molecule has 6 heteroatoms. The molecule has 1 aromatic carbocycles. The Labute approximate surface area is 115 Å². The summed E-state index contributed by atoms with van der Waals surface area (Å²) in [6.07, 6.45) is -3.43. The zero-order valence-corrected chi connectivity index (χ0v) is 11.5. The summed E-state index contributed by atoms with van der Waals surface area (Å²) in [5.74, 6) is -0.197. The molecule has 1 rings (SSSR count). The van der Waals surface area contributed by atoms with Gasteiger partial charge in [0.05, 0.1) is 7.11 Å². The zero-order valence-electron chi connectivity index (χ0n) is 11.5. The van der Waals surface area contributed by atoms with Crippen LogP contribution in [0.15, 0.2) is 36.0 Å². The number of hydrogen-bond acceptors (Lipinski definition) is 2. The Bertz CT molecular complexity index is 492. The number of ether oxygens (including phenoxy) is 1. The van der Waals surface area contributed by atoms with E-state index in [4.69, 9.17) is 4.74 Å². The van der Waals surface area contributed by atoms with E-state index in [0.29, 0.717) is 10.6 Å². The van der Waals surface area contributed by atoms with Gasteiger partial charge in [-0.1, -0.05) is 13.0 Å². The molecule has 0 saturated heterocycles. The second kappa shape index (κ2) is 6.45. The highest BCUT2D eigenvalue weighted by molar-refractivity contribution is 5.95. The Morgan fingerprint density at radius 3 is 2.20 bits per heavy atom. The van der Waals surface area contributed by atoms with Crippen molar-refractivity contribution in [3.8, 4) is 5.75 Å². The maximum absolute atomic E-state index is 13.1. The van der Waals surface area contributed by atoms with Crippen LogP contribution in [-0.2, 0) is 4.79 Å². The summed E-state index contributed by atoms with van der Waals surface area (Å²) in [5, 5.41) is 0. The number of rotatable bonds is 4. The molecule has 0 radical (unpaired) electrons. The lowest BCUT2D eigenvalue weighted by Gasteiger charge is -2.26. The molecule has 1 aromatic rings. The van der Waals surface area contributed by atoms with E-state index >= 15 is 0 Å². The number of benzene rings is 1. The summed E-state index contributed by atoms with van der Waals surface area (Å²) < 4.78 is 44.1. The minimum absolute atomic E-state index is 0.148. The smallest absolute Gasteiger partial charge is 0.431 e. The van der Waals surface area contributed by atoms with Crippen molar-refractivity contribution in [2.75, 3.05) is 12.0 Å². The van der Waals surface area contributed by atoms with Gasteiger partial charge < -0.3 is 4.74 Å². The summed E-state index contributed by atoms with van der Waals surface area (Å²) >= 11 is 0. The molecule has 1 amide bonds. The first-order chi connectivity index (χ1) is 9.31. The predicted molar refractivity (Wildman–Crippen MR) is 70.6 cm³/mol. The number of halogens is 3. The number of alkyl halides is 3. The Morgan fingerprint density at radius 2 is 1.85 bits per heavy atom. The molecule has 0 spiro atoms. The number of carbonyl (C=O) groups excluding carboxylic acids is 1. The highest BCUT2D eigenvalue weighted by Gasteiger charge is 2.39. The summed E-state index contributed by atoms with van der Waals surface area (Å²) in [4.78, 5) is 12.3. The number of anilines is 1. The van der Waals surface area contributed by atoms with Crippen LogP contribution in [0.3, 0.4) is 0 Å². The number of carbonyl (C=O) groups is 1. The monoisotopic (exact) mass is 287 g/mol. The second-order valence-electron chi connectivity index (χ2n) is 4.05. The van der Waals surface area contributed by atoms with Crippen molar-refractivity contribution >= 4 is 11.6 Å². The van der Waals surface area contributed by atoms with Gasteiger partial charge in [0, 0.05) is 12.6 Å². The van der Waals surface area contributed by atoms with Crippen molar-refractivity contribution in [1.82, 2.24) is 0 Å². The zero-order chi connectivity index (χ0) is 15.3. The Kier molecular flexibility index (Phi) is 5.19. The van der Waals surface area contributed by atoms with Gasteiger partial charge in [0.1, 0.15) is 11.4 Å². The fourth-order valence-electron chi connectivity index (χ4n) is 1.75. The quantitative estimate of drug-likeness (QED) is 0.840. The van der Waals surface area contributed by atoms with Gasteiger partial charge in [-0.2, -0.15) is 13.2 Å². The Balaban J connectivity index is 3.28. The number of allylic oxidation sites excluding steroid dienone is 2. The topological polar surface area (TPSA) is 29.5 Å². The fraction of sp³-hybridized carbons (Fsp3) is 0.357. The molecule has 110 valence electrons. The molecular formula is C14H16F3NO2. The fourth-order valence-corrected chi connectivity index (χ4v) is 1.75. The van der Waals surface area contributed by atoms with Crippen molar-refractivity contribution in [2.24, 2.45) is 0 Å². The van der Waals surface area contributed by atoms with Crippen LogP contribution in [0.5, 0.6) is 5.75 Å². The van der Waals surface area contributed by atoms with Crippen LogP contribution in [0.4, 0.5) is 18.9 Å². The van der Waals surface area contributed by atoms with Gasteiger partial charge in [0.25, 0.3) is 0 Å².